The molecule has 0 saturated heterocycles. The van der Waals surface area contributed by atoms with E-state index < -0.39 is 0 Å². The maximum absolute atomic E-state index is 12.4. The second-order valence-corrected chi connectivity index (χ2v) is 7.11. The predicted octanol–water partition coefficient (Wildman–Crippen LogP) is 2.08. The molecular formula is C19H24N4O2. The summed E-state index contributed by atoms with van der Waals surface area (Å²) in [7, 11) is 0. The number of aliphatic hydroxyl groups is 1. The van der Waals surface area contributed by atoms with Crippen LogP contribution in [0.3, 0.4) is 0 Å². The first-order valence-corrected chi connectivity index (χ1v) is 8.99. The summed E-state index contributed by atoms with van der Waals surface area (Å²) in [4.78, 5) is 12.4. The maximum Gasteiger partial charge on any atom is 0.315 e. The maximum atomic E-state index is 12.4. The smallest absolute Gasteiger partial charge is 0.315 e. The molecule has 2 amide bonds. The highest BCUT2D eigenvalue weighted by molar-refractivity contribution is 5.74. The Morgan fingerprint density at radius 2 is 2.08 bits per heavy atom. The van der Waals surface area contributed by atoms with Crippen molar-refractivity contribution in [1.29, 1.82) is 0 Å². The standard InChI is InChI=1S/C19H24N4O2/c24-12-16-13-6-7-14(10-13)18(16)22-19(25)20-11-15-4-1-2-5-17(15)23-9-3-8-21-23/h1-5,8-9,13-14,16,18,24H,6-7,10-12H2,(H2,20,22,25). The number of nitrogens with one attached hydrogen (secondary N) is 2. The summed E-state index contributed by atoms with van der Waals surface area (Å²) in [5.74, 6) is 1.30. The first-order valence-electron chi connectivity index (χ1n) is 8.99. The van der Waals surface area contributed by atoms with Gasteiger partial charge in [-0.15, -0.1) is 0 Å². The summed E-state index contributed by atoms with van der Waals surface area (Å²) in [5.41, 5.74) is 1.97. The fourth-order valence-corrected chi connectivity index (χ4v) is 4.57. The molecular weight excluding hydrogens is 316 g/mol. The number of aromatic nitrogens is 2. The van der Waals surface area contributed by atoms with Crippen LogP contribution in [0.25, 0.3) is 5.69 Å². The van der Waals surface area contributed by atoms with Crippen LogP contribution in [-0.4, -0.2) is 33.6 Å². The van der Waals surface area contributed by atoms with Gasteiger partial charge >= 0.3 is 6.03 Å². The number of hydrogen-bond donors (Lipinski definition) is 3. The average Bonchev–Trinajstić information content (AvgIpc) is 3.37. The van der Waals surface area contributed by atoms with Crippen LogP contribution in [0.4, 0.5) is 4.79 Å². The van der Waals surface area contributed by atoms with Gasteiger partial charge in [-0.2, -0.15) is 5.10 Å². The molecule has 0 radical (unpaired) electrons. The Morgan fingerprint density at radius 3 is 2.88 bits per heavy atom. The molecule has 2 aliphatic carbocycles. The molecule has 2 bridgehead atoms. The lowest BCUT2D eigenvalue weighted by Crippen LogP contribution is -2.48. The highest BCUT2D eigenvalue weighted by Crippen LogP contribution is 2.48. The van der Waals surface area contributed by atoms with Crippen LogP contribution in [0, 0.1) is 17.8 Å². The van der Waals surface area contributed by atoms with Crippen molar-refractivity contribution in [2.45, 2.75) is 31.8 Å². The van der Waals surface area contributed by atoms with Crippen molar-refractivity contribution in [2.75, 3.05) is 6.61 Å². The first-order chi connectivity index (χ1) is 12.3. The van der Waals surface area contributed by atoms with Gasteiger partial charge in [0.05, 0.1) is 5.69 Å². The Labute approximate surface area is 147 Å². The second kappa shape index (κ2) is 6.88. The number of nitrogens with zero attached hydrogens (tertiary/aromatic N) is 2. The Balaban J connectivity index is 1.38. The Morgan fingerprint density at radius 1 is 1.24 bits per heavy atom. The molecule has 0 aliphatic heterocycles. The third kappa shape index (κ3) is 3.14. The zero-order valence-corrected chi connectivity index (χ0v) is 14.1. The lowest BCUT2D eigenvalue weighted by atomic mass is 9.85. The molecule has 1 aromatic heterocycles. The molecule has 2 fully saturated rings. The number of para-hydroxylation sites is 1. The molecule has 2 saturated carbocycles. The van der Waals surface area contributed by atoms with Gasteiger partial charge < -0.3 is 15.7 Å². The molecule has 6 nitrogen and oxygen atoms in total. The van der Waals surface area contributed by atoms with E-state index in [1.165, 1.54) is 6.42 Å². The van der Waals surface area contributed by atoms with E-state index in [1.54, 1.807) is 10.9 Å². The fourth-order valence-electron chi connectivity index (χ4n) is 4.57. The summed E-state index contributed by atoms with van der Waals surface area (Å²) in [6.07, 6.45) is 7.11. The SMILES string of the molecule is O=C(NCc1ccccc1-n1cccn1)NC1C2CCC(C2)C1CO. The van der Waals surface area contributed by atoms with E-state index in [0.29, 0.717) is 18.4 Å². The van der Waals surface area contributed by atoms with Crippen LogP contribution in [0.15, 0.2) is 42.7 Å². The van der Waals surface area contributed by atoms with E-state index in [1.807, 2.05) is 36.5 Å². The van der Waals surface area contributed by atoms with Crippen LogP contribution in [0.5, 0.6) is 0 Å². The summed E-state index contributed by atoms with van der Waals surface area (Å²) >= 11 is 0. The van der Waals surface area contributed by atoms with Gasteiger partial charge in [0.2, 0.25) is 0 Å². The molecule has 3 N–H and O–H groups in total. The number of carbonyl (C=O) groups is 1. The van der Waals surface area contributed by atoms with E-state index in [4.69, 9.17) is 0 Å². The van der Waals surface area contributed by atoms with Crippen LogP contribution < -0.4 is 10.6 Å². The molecule has 132 valence electrons. The highest BCUT2D eigenvalue weighted by atomic mass is 16.3. The Bertz CT molecular complexity index is 731. The zero-order chi connectivity index (χ0) is 17.2. The molecule has 4 unspecified atom stereocenters. The number of urea groups is 1. The fraction of sp³-hybridized carbons (Fsp3) is 0.474. The van der Waals surface area contributed by atoms with Gasteiger partial charge in [-0.1, -0.05) is 18.2 Å². The topological polar surface area (TPSA) is 79.2 Å². The van der Waals surface area contributed by atoms with E-state index in [0.717, 1.165) is 24.1 Å². The summed E-state index contributed by atoms with van der Waals surface area (Å²) in [5, 5.41) is 20.0. The quantitative estimate of drug-likeness (QED) is 0.780. The number of fused-ring (bicyclic) bond motifs is 2. The van der Waals surface area contributed by atoms with Gasteiger partial charge in [-0.05, 0) is 48.8 Å². The molecule has 1 heterocycles. The predicted molar refractivity (Wildman–Crippen MR) is 94.1 cm³/mol. The third-order valence-electron chi connectivity index (χ3n) is 5.78. The zero-order valence-electron chi connectivity index (χ0n) is 14.1. The van der Waals surface area contributed by atoms with Gasteiger partial charge in [-0.25, -0.2) is 9.48 Å². The third-order valence-corrected chi connectivity index (χ3v) is 5.78. The lowest BCUT2D eigenvalue weighted by molar-refractivity contribution is 0.144. The van der Waals surface area contributed by atoms with Crippen molar-refractivity contribution in [3.05, 3.63) is 48.3 Å². The van der Waals surface area contributed by atoms with Gasteiger partial charge in [0.15, 0.2) is 0 Å². The number of rotatable bonds is 5. The van der Waals surface area contributed by atoms with Crippen LogP contribution in [0.2, 0.25) is 0 Å². The van der Waals surface area contributed by atoms with Crippen molar-refractivity contribution < 1.29 is 9.90 Å². The molecule has 25 heavy (non-hydrogen) atoms. The van der Waals surface area contributed by atoms with Gasteiger partial charge in [-0.3, -0.25) is 0 Å². The molecule has 2 aliphatic rings. The van der Waals surface area contributed by atoms with Crippen LogP contribution in [-0.2, 0) is 6.54 Å². The number of aliphatic hydroxyl groups excluding tert-OH is 1. The molecule has 1 aromatic carbocycles. The minimum atomic E-state index is -0.161. The number of hydrogen-bond acceptors (Lipinski definition) is 3. The summed E-state index contributed by atoms with van der Waals surface area (Å²) in [6.45, 7) is 0.598. The van der Waals surface area contributed by atoms with Crippen molar-refractivity contribution >= 4 is 6.03 Å². The van der Waals surface area contributed by atoms with Crippen molar-refractivity contribution in [3.63, 3.8) is 0 Å². The number of benzene rings is 1. The molecule has 4 atom stereocenters. The van der Waals surface area contributed by atoms with E-state index in [9.17, 15) is 9.90 Å². The van der Waals surface area contributed by atoms with Crippen molar-refractivity contribution in [2.24, 2.45) is 17.8 Å². The van der Waals surface area contributed by atoms with Crippen LogP contribution >= 0.6 is 0 Å². The largest absolute Gasteiger partial charge is 0.396 e. The van der Waals surface area contributed by atoms with E-state index in [2.05, 4.69) is 15.7 Å². The Hall–Kier alpha value is -2.34. The highest BCUT2D eigenvalue weighted by Gasteiger charge is 2.47. The van der Waals surface area contributed by atoms with E-state index >= 15 is 0 Å². The second-order valence-electron chi connectivity index (χ2n) is 7.11. The van der Waals surface area contributed by atoms with Gasteiger partial charge in [0.25, 0.3) is 0 Å². The average molecular weight is 340 g/mol. The first kappa shape index (κ1) is 16.1. The number of carbonyl (C=O) groups excluding carboxylic acids is 1. The van der Waals surface area contributed by atoms with Crippen molar-refractivity contribution in [1.82, 2.24) is 20.4 Å². The molecule has 0 spiro atoms. The monoisotopic (exact) mass is 340 g/mol. The number of amides is 2. The van der Waals surface area contributed by atoms with Gasteiger partial charge in [0, 0.05) is 37.5 Å². The molecule has 6 heteroatoms. The lowest BCUT2D eigenvalue weighted by Gasteiger charge is -2.30. The van der Waals surface area contributed by atoms with Crippen LogP contribution in [0.1, 0.15) is 24.8 Å². The minimum Gasteiger partial charge on any atom is -0.396 e. The van der Waals surface area contributed by atoms with Gasteiger partial charge in [0.1, 0.15) is 0 Å². The summed E-state index contributed by atoms with van der Waals surface area (Å²) < 4.78 is 1.80. The Kier molecular flexibility index (Phi) is 4.44. The van der Waals surface area contributed by atoms with Crippen molar-refractivity contribution in [3.8, 4) is 5.69 Å². The minimum absolute atomic E-state index is 0.102. The molecule has 2 aromatic rings. The molecule has 4 rings (SSSR count). The van der Waals surface area contributed by atoms with E-state index in [-0.39, 0.29) is 24.6 Å². The normalized spacial score (nSPS) is 27.4. The summed E-state index contributed by atoms with van der Waals surface area (Å²) in [6, 6.07) is 9.71.